The highest BCUT2D eigenvalue weighted by Gasteiger charge is 2.42. The van der Waals surface area contributed by atoms with Crippen LogP contribution in [0.25, 0.3) is 0 Å². The number of piperidine rings is 1. The van der Waals surface area contributed by atoms with Gasteiger partial charge in [0.25, 0.3) is 0 Å². The van der Waals surface area contributed by atoms with Crippen molar-refractivity contribution in [3.8, 4) is 6.07 Å². The molecule has 1 spiro atoms. The molecule has 2 fully saturated rings. The zero-order chi connectivity index (χ0) is 17.9. The summed E-state index contributed by atoms with van der Waals surface area (Å²) < 4.78 is 6.16. The highest BCUT2D eigenvalue weighted by atomic mass is 16.5. The fraction of sp³-hybridized carbons (Fsp3) is 0.611. The molecule has 3 heterocycles. The summed E-state index contributed by atoms with van der Waals surface area (Å²) in [5, 5.41) is 9.07. The number of carbonyl (C=O) groups is 1. The van der Waals surface area contributed by atoms with Crippen LogP contribution in [0.3, 0.4) is 0 Å². The normalized spacial score (nSPS) is 23.8. The molecule has 1 aromatic rings. The van der Waals surface area contributed by atoms with Crippen molar-refractivity contribution in [3.63, 3.8) is 0 Å². The Kier molecular flexibility index (Phi) is 5.21. The first kappa shape index (κ1) is 17.6. The van der Waals surface area contributed by atoms with Gasteiger partial charge in [0, 0.05) is 13.1 Å². The molecule has 1 amide bonds. The average Bonchev–Trinajstić information content (AvgIpc) is 2.61. The third-order valence-electron chi connectivity index (χ3n) is 4.77. The standard InChI is InChI=1S/C18H25N5O2/c1-21(2)12-17(24)23-9-10-25-18(14-23)7-4-8-22(13-18)16-6-3-5-15(11-19)20-16/h3,5-6H,4,7-10,12-14H2,1-2H3. The molecular weight excluding hydrogens is 318 g/mol. The lowest BCUT2D eigenvalue weighted by Crippen LogP contribution is -2.61. The van der Waals surface area contributed by atoms with Crippen molar-refractivity contribution < 1.29 is 9.53 Å². The molecule has 0 N–H and O–H groups in total. The van der Waals surface area contributed by atoms with Crippen LogP contribution in [0.1, 0.15) is 18.5 Å². The number of nitrogens with zero attached hydrogens (tertiary/aromatic N) is 5. The molecular formula is C18H25N5O2. The van der Waals surface area contributed by atoms with E-state index in [2.05, 4.69) is 16.0 Å². The molecule has 2 aliphatic heterocycles. The van der Waals surface area contributed by atoms with Gasteiger partial charge < -0.3 is 19.4 Å². The van der Waals surface area contributed by atoms with E-state index in [1.807, 2.05) is 36.0 Å². The van der Waals surface area contributed by atoms with Crippen molar-refractivity contribution in [2.24, 2.45) is 0 Å². The number of aromatic nitrogens is 1. The smallest absolute Gasteiger partial charge is 0.236 e. The van der Waals surface area contributed by atoms with Crippen molar-refractivity contribution in [2.45, 2.75) is 18.4 Å². The molecule has 0 aromatic carbocycles. The van der Waals surface area contributed by atoms with Crippen LogP contribution in [-0.4, -0.2) is 79.7 Å². The summed E-state index contributed by atoms with van der Waals surface area (Å²) in [6.07, 6.45) is 1.92. The molecule has 3 rings (SSSR count). The number of carbonyl (C=O) groups excluding carboxylic acids is 1. The largest absolute Gasteiger partial charge is 0.369 e. The number of rotatable bonds is 3. The van der Waals surface area contributed by atoms with E-state index in [-0.39, 0.29) is 11.5 Å². The maximum Gasteiger partial charge on any atom is 0.236 e. The van der Waals surface area contributed by atoms with Crippen LogP contribution >= 0.6 is 0 Å². The van der Waals surface area contributed by atoms with E-state index in [0.717, 1.165) is 25.2 Å². The fourth-order valence-corrected chi connectivity index (χ4v) is 3.63. The Morgan fingerprint density at radius 1 is 1.40 bits per heavy atom. The van der Waals surface area contributed by atoms with Crippen LogP contribution in [-0.2, 0) is 9.53 Å². The number of likely N-dealkylation sites (N-methyl/N-ethyl adjacent to an activating group) is 1. The lowest BCUT2D eigenvalue weighted by Gasteiger charge is -2.48. The molecule has 2 aliphatic rings. The first-order valence-electron chi connectivity index (χ1n) is 8.70. The van der Waals surface area contributed by atoms with E-state index in [9.17, 15) is 4.79 Å². The van der Waals surface area contributed by atoms with Crippen molar-refractivity contribution in [2.75, 3.05) is 58.3 Å². The molecule has 7 heteroatoms. The van der Waals surface area contributed by atoms with E-state index in [4.69, 9.17) is 10.00 Å². The molecule has 2 saturated heterocycles. The first-order valence-corrected chi connectivity index (χ1v) is 8.70. The molecule has 7 nitrogen and oxygen atoms in total. The van der Waals surface area contributed by atoms with E-state index in [1.54, 1.807) is 6.07 Å². The van der Waals surface area contributed by atoms with Gasteiger partial charge >= 0.3 is 0 Å². The minimum Gasteiger partial charge on any atom is -0.369 e. The van der Waals surface area contributed by atoms with E-state index in [1.165, 1.54) is 0 Å². The second-order valence-corrected chi connectivity index (χ2v) is 7.10. The monoisotopic (exact) mass is 343 g/mol. The van der Waals surface area contributed by atoms with Gasteiger partial charge in [-0.3, -0.25) is 4.79 Å². The van der Waals surface area contributed by atoms with Crippen LogP contribution < -0.4 is 4.90 Å². The maximum atomic E-state index is 12.4. The topological polar surface area (TPSA) is 72.7 Å². The summed E-state index contributed by atoms with van der Waals surface area (Å²) >= 11 is 0. The van der Waals surface area contributed by atoms with Gasteiger partial charge in [0.15, 0.2) is 0 Å². The van der Waals surface area contributed by atoms with Crippen molar-refractivity contribution in [1.29, 1.82) is 5.26 Å². The summed E-state index contributed by atoms with van der Waals surface area (Å²) in [7, 11) is 3.81. The van der Waals surface area contributed by atoms with Gasteiger partial charge in [-0.15, -0.1) is 0 Å². The van der Waals surface area contributed by atoms with Gasteiger partial charge in [-0.05, 0) is 39.1 Å². The fourth-order valence-electron chi connectivity index (χ4n) is 3.63. The second kappa shape index (κ2) is 7.38. The Morgan fingerprint density at radius 2 is 2.24 bits per heavy atom. The highest BCUT2D eigenvalue weighted by molar-refractivity contribution is 5.78. The van der Waals surface area contributed by atoms with Gasteiger partial charge in [0.1, 0.15) is 23.2 Å². The van der Waals surface area contributed by atoms with E-state index >= 15 is 0 Å². The number of nitriles is 1. The Hall–Kier alpha value is -2.17. The zero-order valence-corrected chi connectivity index (χ0v) is 14.9. The quantitative estimate of drug-likeness (QED) is 0.805. The Labute approximate surface area is 148 Å². The Morgan fingerprint density at radius 3 is 3.00 bits per heavy atom. The molecule has 0 bridgehead atoms. The predicted octanol–water partition coefficient (Wildman–Crippen LogP) is 0.713. The van der Waals surface area contributed by atoms with E-state index in [0.29, 0.717) is 38.5 Å². The lowest BCUT2D eigenvalue weighted by atomic mass is 9.90. The zero-order valence-electron chi connectivity index (χ0n) is 14.9. The van der Waals surface area contributed by atoms with Gasteiger partial charge in [-0.25, -0.2) is 4.98 Å². The number of hydrogen-bond acceptors (Lipinski definition) is 6. The van der Waals surface area contributed by atoms with Crippen LogP contribution in [0.5, 0.6) is 0 Å². The number of pyridine rings is 1. The first-order chi connectivity index (χ1) is 12.0. The number of ether oxygens (including phenoxy) is 1. The summed E-state index contributed by atoms with van der Waals surface area (Å²) in [4.78, 5) is 22.8. The number of morpholine rings is 1. The molecule has 25 heavy (non-hydrogen) atoms. The van der Waals surface area contributed by atoms with Gasteiger partial charge in [-0.1, -0.05) is 6.07 Å². The van der Waals surface area contributed by atoms with Crippen molar-refractivity contribution >= 4 is 11.7 Å². The molecule has 0 radical (unpaired) electrons. The molecule has 0 saturated carbocycles. The Bertz CT molecular complexity index is 668. The van der Waals surface area contributed by atoms with Crippen LogP contribution in [0, 0.1) is 11.3 Å². The average molecular weight is 343 g/mol. The number of hydrogen-bond donors (Lipinski definition) is 0. The van der Waals surface area contributed by atoms with Crippen molar-refractivity contribution in [1.82, 2.24) is 14.8 Å². The molecule has 0 aliphatic carbocycles. The number of anilines is 1. The number of amides is 1. The van der Waals surface area contributed by atoms with Gasteiger partial charge in [0.05, 0.1) is 26.2 Å². The van der Waals surface area contributed by atoms with Crippen LogP contribution in [0.4, 0.5) is 5.82 Å². The molecule has 134 valence electrons. The Balaban J connectivity index is 1.73. The highest BCUT2D eigenvalue weighted by Crippen LogP contribution is 2.31. The predicted molar refractivity (Wildman–Crippen MR) is 94.2 cm³/mol. The SMILES string of the molecule is CN(C)CC(=O)N1CCOC2(CCCN(c3cccc(C#N)n3)C2)C1. The maximum absolute atomic E-state index is 12.4. The third-order valence-corrected chi connectivity index (χ3v) is 4.77. The van der Waals surface area contributed by atoms with Gasteiger partial charge in [0.2, 0.25) is 5.91 Å². The lowest BCUT2D eigenvalue weighted by molar-refractivity contribution is -0.152. The third kappa shape index (κ3) is 4.09. The summed E-state index contributed by atoms with van der Waals surface area (Å²) in [6.45, 7) is 3.84. The van der Waals surface area contributed by atoms with Crippen LogP contribution in [0.2, 0.25) is 0 Å². The van der Waals surface area contributed by atoms with Crippen molar-refractivity contribution in [3.05, 3.63) is 23.9 Å². The van der Waals surface area contributed by atoms with Crippen LogP contribution in [0.15, 0.2) is 18.2 Å². The second-order valence-electron chi connectivity index (χ2n) is 7.10. The summed E-state index contributed by atoms with van der Waals surface area (Å²) in [5.74, 6) is 0.952. The molecule has 1 aromatic heterocycles. The molecule has 1 unspecified atom stereocenters. The summed E-state index contributed by atoms with van der Waals surface area (Å²) in [6, 6.07) is 7.59. The van der Waals surface area contributed by atoms with E-state index < -0.39 is 0 Å². The molecule has 1 atom stereocenters. The summed E-state index contributed by atoms with van der Waals surface area (Å²) in [5.41, 5.74) is 0.0764. The minimum atomic E-state index is -0.344. The van der Waals surface area contributed by atoms with Gasteiger partial charge in [-0.2, -0.15) is 5.26 Å². The minimum absolute atomic E-state index is 0.148.